The Hall–Kier alpha value is -3.86. The SMILES string of the molecule is Cl.O=C(O)CC1c2cnccc2N=C(N2CCN(c3ccc(F)cc3)CC2)N1c1cccc(C(F)(F)F)c1. The lowest BCUT2D eigenvalue weighted by molar-refractivity contribution is -0.138. The van der Waals surface area contributed by atoms with Gasteiger partial charge < -0.3 is 19.8 Å². The first kappa shape index (κ1) is 27.2. The van der Waals surface area contributed by atoms with Gasteiger partial charge in [-0.15, -0.1) is 12.4 Å². The van der Waals surface area contributed by atoms with E-state index in [1.165, 1.54) is 30.5 Å². The zero-order valence-corrected chi connectivity index (χ0v) is 20.8. The molecule has 2 aromatic carbocycles. The molecule has 200 valence electrons. The highest BCUT2D eigenvalue weighted by Crippen LogP contribution is 2.41. The van der Waals surface area contributed by atoms with Gasteiger partial charge in [0.25, 0.3) is 0 Å². The molecule has 1 unspecified atom stereocenters. The van der Waals surface area contributed by atoms with E-state index in [1.54, 1.807) is 29.3 Å². The molecule has 0 amide bonds. The Balaban J connectivity index is 0.00000336. The Morgan fingerprint density at radius 2 is 1.66 bits per heavy atom. The number of alkyl halides is 3. The van der Waals surface area contributed by atoms with Gasteiger partial charge in [0.05, 0.1) is 23.7 Å². The van der Waals surface area contributed by atoms with Gasteiger partial charge in [-0.25, -0.2) is 9.38 Å². The number of hydrogen-bond acceptors (Lipinski definition) is 6. The topological polar surface area (TPSA) is 72.3 Å². The third-order valence-corrected chi connectivity index (χ3v) is 6.51. The predicted octanol–water partition coefficient (Wildman–Crippen LogP) is 5.51. The van der Waals surface area contributed by atoms with E-state index in [-0.39, 0.29) is 30.3 Å². The number of piperazine rings is 1. The third-order valence-electron chi connectivity index (χ3n) is 6.51. The number of rotatable bonds is 4. The highest BCUT2D eigenvalue weighted by molar-refractivity contribution is 6.01. The highest BCUT2D eigenvalue weighted by atomic mass is 35.5. The van der Waals surface area contributed by atoms with Gasteiger partial charge in [0.1, 0.15) is 5.82 Å². The Morgan fingerprint density at radius 3 is 2.32 bits per heavy atom. The Morgan fingerprint density at radius 1 is 0.974 bits per heavy atom. The molecule has 38 heavy (non-hydrogen) atoms. The maximum Gasteiger partial charge on any atom is 0.416 e. The zero-order chi connectivity index (χ0) is 26.2. The largest absolute Gasteiger partial charge is 0.481 e. The number of carboxylic acid groups (broad SMARTS) is 1. The van der Waals surface area contributed by atoms with E-state index < -0.39 is 23.8 Å². The fraction of sp³-hybridized carbons (Fsp3) is 0.269. The molecular weight excluding hydrogens is 526 g/mol. The number of pyridine rings is 1. The molecule has 0 bridgehead atoms. The first-order chi connectivity index (χ1) is 17.7. The summed E-state index contributed by atoms with van der Waals surface area (Å²) in [5, 5.41) is 9.70. The molecule has 5 rings (SSSR count). The summed E-state index contributed by atoms with van der Waals surface area (Å²) >= 11 is 0. The lowest BCUT2D eigenvalue weighted by Crippen LogP contribution is -2.55. The Labute approximate surface area is 222 Å². The average Bonchev–Trinajstić information content (AvgIpc) is 2.88. The number of carbonyl (C=O) groups is 1. The van der Waals surface area contributed by atoms with Gasteiger partial charge in [-0.3, -0.25) is 9.78 Å². The van der Waals surface area contributed by atoms with E-state index in [4.69, 9.17) is 4.99 Å². The number of aromatic nitrogens is 1. The fourth-order valence-electron chi connectivity index (χ4n) is 4.73. The number of aliphatic carboxylic acids is 1. The molecule has 3 aromatic rings. The van der Waals surface area contributed by atoms with Crippen LogP contribution in [0.3, 0.4) is 0 Å². The molecule has 1 aromatic heterocycles. The number of carboxylic acids is 1. The van der Waals surface area contributed by atoms with Crippen LogP contribution in [0.2, 0.25) is 0 Å². The summed E-state index contributed by atoms with van der Waals surface area (Å²) in [7, 11) is 0. The van der Waals surface area contributed by atoms with Crippen LogP contribution in [0, 0.1) is 5.82 Å². The molecule has 2 aliphatic heterocycles. The quantitative estimate of drug-likeness (QED) is 0.433. The van der Waals surface area contributed by atoms with Crippen molar-refractivity contribution in [1.29, 1.82) is 0 Å². The van der Waals surface area contributed by atoms with Crippen LogP contribution >= 0.6 is 12.4 Å². The van der Waals surface area contributed by atoms with E-state index in [0.717, 1.165) is 17.8 Å². The van der Waals surface area contributed by atoms with E-state index in [1.807, 2.05) is 4.90 Å². The van der Waals surface area contributed by atoms with Gasteiger partial charge in [-0.05, 0) is 48.5 Å². The van der Waals surface area contributed by atoms with E-state index in [9.17, 15) is 27.5 Å². The van der Waals surface area contributed by atoms with Crippen molar-refractivity contribution in [2.75, 3.05) is 36.0 Å². The number of anilines is 2. The van der Waals surface area contributed by atoms with Crippen LogP contribution in [0.25, 0.3) is 0 Å². The molecule has 1 saturated heterocycles. The number of nitrogens with zero attached hydrogens (tertiary/aromatic N) is 5. The number of benzene rings is 2. The average molecular weight is 550 g/mol. The molecule has 2 aliphatic rings. The van der Waals surface area contributed by atoms with Crippen LogP contribution in [0.4, 0.5) is 34.6 Å². The van der Waals surface area contributed by atoms with Crippen LogP contribution in [0.5, 0.6) is 0 Å². The predicted molar refractivity (Wildman–Crippen MR) is 138 cm³/mol. The minimum absolute atomic E-state index is 0. The number of hydrogen-bond donors (Lipinski definition) is 1. The second-order valence-electron chi connectivity index (χ2n) is 8.83. The molecule has 0 saturated carbocycles. The summed E-state index contributed by atoms with van der Waals surface area (Å²) in [5.74, 6) is -1.05. The summed E-state index contributed by atoms with van der Waals surface area (Å²) in [6, 6.07) is 11.9. The van der Waals surface area contributed by atoms with Crippen molar-refractivity contribution in [3.05, 3.63) is 83.9 Å². The van der Waals surface area contributed by atoms with E-state index in [0.29, 0.717) is 43.4 Å². The summed E-state index contributed by atoms with van der Waals surface area (Å²) < 4.78 is 54.1. The van der Waals surface area contributed by atoms with Crippen molar-refractivity contribution in [3.63, 3.8) is 0 Å². The second kappa shape index (κ2) is 10.9. The lowest BCUT2D eigenvalue weighted by Gasteiger charge is -2.45. The molecular formula is C26H24ClF4N5O2. The van der Waals surface area contributed by atoms with Crippen LogP contribution in [0.1, 0.15) is 23.6 Å². The normalized spacial score (nSPS) is 17.4. The highest BCUT2D eigenvalue weighted by Gasteiger charge is 2.38. The molecule has 1 atom stereocenters. The summed E-state index contributed by atoms with van der Waals surface area (Å²) in [4.78, 5) is 26.4. The van der Waals surface area contributed by atoms with Gasteiger partial charge in [0.15, 0.2) is 0 Å². The number of halogens is 5. The molecule has 12 heteroatoms. The first-order valence-corrected chi connectivity index (χ1v) is 11.7. The minimum atomic E-state index is -4.56. The number of fused-ring (bicyclic) bond motifs is 1. The van der Waals surface area contributed by atoms with Crippen molar-refractivity contribution < 1.29 is 27.5 Å². The maximum atomic E-state index is 13.6. The van der Waals surface area contributed by atoms with Gasteiger partial charge in [-0.1, -0.05) is 6.07 Å². The molecule has 3 heterocycles. The standard InChI is InChI=1S/C26H23F4N5O2.ClH/c27-18-4-6-19(7-5-18)33-10-12-34(13-11-33)25-32-22-8-9-31-16-21(22)23(15-24(36)37)35(25)20-3-1-2-17(14-20)26(28,29)30;/h1-9,14,16,23H,10-13,15H2,(H,36,37);1H. The Kier molecular flexibility index (Phi) is 7.77. The van der Waals surface area contributed by atoms with Crippen molar-refractivity contribution in [3.8, 4) is 0 Å². The number of guanidine groups is 1. The van der Waals surface area contributed by atoms with Crippen LogP contribution in [0.15, 0.2) is 72.0 Å². The van der Waals surface area contributed by atoms with Crippen LogP contribution < -0.4 is 9.80 Å². The van der Waals surface area contributed by atoms with Crippen molar-refractivity contribution in [2.45, 2.75) is 18.6 Å². The summed E-state index contributed by atoms with van der Waals surface area (Å²) in [6.45, 7) is 2.08. The first-order valence-electron chi connectivity index (χ1n) is 11.7. The maximum absolute atomic E-state index is 13.6. The lowest BCUT2D eigenvalue weighted by atomic mass is 9.99. The number of aliphatic imine (C=N–C) groups is 1. The van der Waals surface area contributed by atoms with Gasteiger partial charge in [0.2, 0.25) is 5.96 Å². The van der Waals surface area contributed by atoms with E-state index >= 15 is 0 Å². The molecule has 0 radical (unpaired) electrons. The van der Waals surface area contributed by atoms with Crippen LogP contribution in [-0.4, -0.2) is 53.1 Å². The van der Waals surface area contributed by atoms with Crippen molar-refractivity contribution in [1.82, 2.24) is 9.88 Å². The minimum Gasteiger partial charge on any atom is -0.481 e. The van der Waals surface area contributed by atoms with Crippen molar-refractivity contribution >= 4 is 41.4 Å². The molecule has 7 nitrogen and oxygen atoms in total. The summed E-state index contributed by atoms with van der Waals surface area (Å²) in [6.07, 6.45) is -1.87. The van der Waals surface area contributed by atoms with Crippen LogP contribution in [-0.2, 0) is 11.0 Å². The second-order valence-corrected chi connectivity index (χ2v) is 8.83. The smallest absolute Gasteiger partial charge is 0.416 e. The molecule has 1 N–H and O–H groups in total. The Bertz CT molecular complexity index is 1330. The van der Waals surface area contributed by atoms with Gasteiger partial charge in [0, 0.05) is 55.5 Å². The fourth-order valence-corrected chi connectivity index (χ4v) is 4.73. The van der Waals surface area contributed by atoms with E-state index in [2.05, 4.69) is 9.88 Å². The van der Waals surface area contributed by atoms with Gasteiger partial charge >= 0.3 is 12.1 Å². The monoisotopic (exact) mass is 549 g/mol. The van der Waals surface area contributed by atoms with Gasteiger partial charge in [-0.2, -0.15) is 13.2 Å². The third kappa shape index (κ3) is 5.52. The van der Waals surface area contributed by atoms with Crippen molar-refractivity contribution in [2.24, 2.45) is 4.99 Å². The molecule has 0 spiro atoms. The molecule has 1 fully saturated rings. The molecule has 0 aliphatic carbocycles. The summed E-state index contributed by atoms with van der Waals surface area (Å²) in [5.41, 5.74) is 1.27. The zero-order valence-electron chi connectivity index (χ0n) is 20.0.